The van der Waals surface area contributed by atoms with Gasteiger partial charge in [0, 0.05) is 56.6 Å². The summed E-state index contributed by atoms with van der Waals surface area (Å²) in [5.41, 5.74) is 4.72. The Hall–Kier alpha value is -2.73. The normalized spacial score (nSPS) is 19.3. The van der Waals surface area contributed by atoms with E-state index in [-0.39, 0.29) is 17.9 Å². The van der Waals surface area contributed by atoms with Crippen molar-refractivity contribution in [1.82, 2.24) is 15.2 Å². The van der Waals surface area contributed by atoms with Crippen molar-refractivity contribution in [2.75, 3.05) is 31.1 Å². The number of carbonyl (C=O) groups excluding carboxylic acids is 2. The molecule has 28 heavy (non-hydrogen) atoms. The van der Waals surface area contributed by atoms with Gasteiger partial charge in [-0.1, -0.05) is 12.1 Å². The van der Waals surface area contributed by atoms with E-state index in [4.69, 9.17) is 0 Å². The van der Waals surface area contributed by atoms with Gasteiger partial charge in [-0.15, -0.1) is 0 Å². The molecule has 1 fully saturated rings. The fourth-order valence-electron chi connectivity index (χ4n) is 4.13. The predicted octanol–water partition coefficient (Wildman–Crippen LogP) is 2.48. The van der Waals surface area contributed by atoms with Crippen molar-refractivity contribution < 1.29 is 9.59 Å². The van der Waals surface area contributed by atoms with E-state index < -0.39 is 0 Å². The Morgan fingerprint density at radius 3 is 2.54 bits per heavy atom. The van der Waals surface area contributed by atoms with Gasteiger partial charge in [0.1, 0.15) is 5.69 Å². The largest absolute Gasteiger partial charge is 0.335 e. The van der Waals surface area contributed by atoms with Gasteiger partial charge in [-0.25, -0.2) is 0 Å². The van der Waals surface area contributed by atoms with Crippen molar-refractivity contribution in [2.45, 2.75) is 32.7 Å². The molecular weight excluding hydrogens is 352 g/mol. The third-order valence-electron chi connectivity index (χ3n) is 5.67. The molecule has 1 atom stereocenters. The number of nitrogens with zero attached hydrogens (tertiary/aromatic N) is 3. The quantitative estimate of drug-likeness (QED) is 0.872. The van der Waals surface area contributed by atoms with Gasteiger partial charge in [-0.05, 0) is 49.1 Å². The highest BCUT2D eigenvalue weighted by Gasteiger charge is 2.26. The van der Waals surface area contributed by atoms with E-state index in [1.54, 1.807) is 13.1 Å². The molecule has 2 aliphatic rings. The predicted molar refractivity (Wildman–Crippen MR) is 109 cm³/mol. The van der Waals surface area contributed by atoms with Crippen LogP contribution in [0.25, 0.3) is 11.1 Å². The molecule has 2 aliphatic heterocycles. The van der Waals surface area contributed by atoms with Crippen molar-refractivity contribution in [2.24, 2.45) is 0 Å². The molecule has 1 aromatic heterocycles. The third-order valence-corrected chi connectivity index (χ3v) is 5.67. The number of benzene rings is 1. The lowest BCUT2D eigenvalue weighted by Crippen LogP contribution is -2.46. The summed E-state index contributed by atoms with van der Waals surface area (Å²) < 4.78 is 0. The Labute approximate surface area is 165 Å². The first kappa shape index (κ1) is 18.6. The van der Waals surface area contributed by atoms with Crippen LogP contribution in [0.2, 0.25) is 0 Å². The number of fused-ring (bicyclic) bond motifs is 1. The van der Waals surface area contributed by atoms with Gasteiger partial charge in [0.25, 0.3) is 5.91 Å². The van der Waals surface area contributed by atoms with Crippen LogP contribution in [0.4, 0.5) is 5.69 Å². The van der Waals surface area contributed by atoms with E-state index in [1.165, 1.54) is 5.56 Å². The molecule has 2 amide bonds. The summed E-state index contributed by atoms with van der Waals surface area (Å²) in [5, 5.41) is 3.25. The van der Waals surface area contributed by atoms with Gasteiger partial charge in [0.05, 0.1) is 0 Å². The van der Waals surface area contributed by atoms with Gasteiger partial charge in [0.2, 0.25) is 5.91 Å². The van der Waals surface area contributed by atoms with Crippen molar-refractivity contribution in [1.29, 1.82) is 0 Å². The molecule has 1 saturated heterocycles. The smallest absolute Gasteiger partial charge is 0.272 e. The lowest BCUT2D eigenvalue weighted by atomic mass is 9.93. The standard InChI is InChI=1S/C22H26N4O2/c1-15-3-4-18-13-17(6-8-21(18)26(15)16(2)27)19-5-7-20(24-14-19)22(28)25-11-9-23-10-12-25/h5-8,13-15,23H,3-4,9-12H2,1-2H3/t15-/m0/s1. The maximum absolute atomic E-state index is 12.6. The van der Waals surface area contributed by atoms with Crippen LogP contribution < -0.4 is 10.2 Å². The summed E-state index contributed by atoms with van der Waals surface area (Å²) in [5.74, 6) is 0.0724. The molecule has 1 aromatic carbocycles. The molecule has 146 valence electrons. The Morgan fingerprint density at radius 1 is 1.11 bits per heavy atom. The van der Waals surface area contributed by atoms with E-state index >= 15 is 0 Å². The van der Waals surface area contributed by atoms with Crippen LogP contribution in [-0.4, -0.2) is 53.9 Å². The van der Waals surface area contributed by atoms with Crippen LogP contribution in [0.5, 0.6) is 0 Å². The minimum atomic E-state index is -0.00965. The zero-order valence-corrected chi connectivity index (χ0v) is 16.4. The number of rotatable bonds is 2. The lowest BCUT2D eigenvalue weighted by molar-refractivity contribution is -0.117. The Kier molecular flexibility index (Phi) is 5.13. The molecule has 1 N–H and O–H groups in total. The van der Waals surface area contributed by atoms with Gasteiger partial charge in [0.15, 0.2) is 0 Å². The molecule has 0 aliphatic carbocycles. The number of piperazine rings is 1. The Morgan fingerprint density at radius 2 is 1.86 bits per heavy atom. The summed E-state index contributed by atoms with van der Waals surface area (Å²) in [7, 11) is 0. The molecule has 0 radical (unpaired) electrons. The highest BCUT2D eigenvalue weighted by Crippen LogP contribution is 2.34. The summed E-state index contributed by atoms with van der Waals surface area (Å²) >= 11 is 0. The maximum Gasteiger partial charge on any atom is 0.272 e. The van der Waals surface area contributed by atoms with E-state index in [0.717, 1.165) is 55.8 Å². The summed E-state index contributed by atoms with van der Waals surface area (Å²) in [6.07, 6.45) is 3.69. The van der Waals surface area contributed by atoms with Gasteiger partial charge in [-0.3, -0.25) is 14.6 Å². The monoisotopic (exact) mass is 378 g/mol. The van der Waals surface area contributed by atoms with Crippen LogP contribution in [0, 0.1) is 0 Å². The number of aromatic nitrogens is 1. The van der Waals surface area contributed by atoms with Gasteiger partial charge in [-0.2, -0.15) is 0 Å². The molecule has 2 aromatic rings. The van der Waals surface area contributed by atoms with Crippen molar-refractivity contribution >= 4 is 17.5 Å². The fraction of sp³-hybridized carbons (Fsp3) is 0.409. The molecule has 6 nitrogen and oxygen atoms in total. The van der Waals surface area contributed by atoms with Crippen LogP contribution in [0.3, 0.4) is 0 Å². The average molecular weight is 378 g/mol. The molecule has 0 spiro atoms. The van der Waals surface area contributed by atoms with Crippen molar-refractivity contribution in [3.05, 3.63) is 47.8 Å². The van der Waals surface area contributed by atoms with E-state index in [9.17, 15) is 9.59 Å². The first-order chi connectivity index (χ1) is 13.5. The van der Waals surface area contributed by atoms with Gasteiger partial charge < -0.3 is 15.1 Å². The number of amides is 2. The first-order valence-corrected chi connectivity index (χ1v) is 9.94. The number of hydrogen-bond donors (Lipinski definition) is 1. The molecule has 6 heteroatoms. The number of aryl methyl sites for hydroxylation is 1. The summed E-state index contributed by atoms with van der Waals surface area (Å²) in [6, 6.07) is 10.2. The fourth-order valence-corrected chi connectivity index (χ4v) is 4.13. The number of anilines is 1. The van der Waals surface area contributed by atoms with Crippen LogP contribution in [0.1, 0.15) is 36.3 Å². The van der Waals surface area contributed by atoms with E-state index in [0.29, 0.717) is 5.69 Å². The molecule has 0 saturated carbocycles. The number of carbonyl (C=O) groups is 2. The average Bonchev–Trinajstić information content (AvgIpc) is 2.73. The van der Waals surface area contributed by atoms with Crippen LogP contribution in [-0.2, 0) is 11.2 Å². The van der Waals surface area contributed by atoms with Crippen molar-refractivity contribution in [3.63, 3.8) is 0 Å². The zero-order chi connectivity index (χ0) is 19.7. The SMILES string of the molecule is CC(=O)N1c2ccc(-c3ccc(C(=O)N4CCNCC4)nc3)cc2CC[C@@H]1C. The number of nitrogens with one attached hydrogen (secondary N) is 1. The topological polar surface area (TPSA) is 65.5 Å². The second kappa shape index (κ2) is 7.72. The highest BCUT2D eigenvalue weighted by molar-refractivity contribution is 5.94. The molecule has 0 bridgehead atoms. The maximum atomic E-state index is 12.6. The van der Waals surface area contributed by atoms with E-state index in [2.05, 4.69) is 23.3 Å². The summed E-state index contributed by atoms with van der Waals surface area (Å²) in [4.78, 5) is 32.8. The molecule has 0 unspecified atom stereocenters. The second-order valence-corrected chi connectivity index (χ2v) is 7.59. The number of hydrogen-bond acceptors (Lipinski definition) is 4. The van der Waals surface area contributed by atoms with Crippen molar-refractivity contribution in [3.8, 4) is 11.1 Å². The highest BCUT2D eigenvalue weighted by atomic mass is 16.2. The van der Waals surface area contributed by atoms with Crippen LogP contribution >= 0.6 is 0 Å². The lowest BCUT2D eigenvalue weighted by Gasteiger charge is -2.34. The van der Waals surface area contributed by atoms with Gasteiger partial charge >= 0.3 is 0 Å². The second-order valence-electron chi connectivity index (χ2n) is 7.59. The van der Waals surface area contributed by atoms with E-state index in [1.807, 2.05) is 34.1 Å². The zero-order valence-electron chi connectivity index (χ0n) is 16.4. The third kappa shape index (κ3) is 3.52. The minimum Gasteiger partial charge on any atom is -0.335 e. The number of pyridine rings is 1. The van der Waals surface area contributed by atoms with Crippen LogP contribution in [0.15, 0.2) is 36.5 Å². The minimum absolute atomic E-state index is 0.00965. The molecular formula is C22H26N4O2. The first-order valence-electron chi connectivity index (χ1n) is 9.94. The summed E-state index contributed by atoms with van der Waals surface area (Å²) in [6.45, 7) is 6.81. The Bertz CT molecular complexity index is 888. The molecule has 4 rings (SSSR count). The molecule has 3 heterocycles. The Balaban J connectivity index is 1.56.